The molecule has 0 aliphatic heterocycles. The third-order valence-electron chi connectivity index (χ3n) is 3.35. The second-order valence-electron chi connectivity index (χ2n) is 4.98. The van der Waals surface area contributed by atoms with Gasteiger partial charge in [-0.05, 0) is 42.0 Å². The van der Waals surface area contributed by atoms with Crippen molar-refractivity contribution < 1.29 is 14.3 Å². The van der Waals surface area contributed by atoms with Gasteiger partial charge < -0.3 is 14.8 Å². The van der Waals surface area contributed by atoms with Gasteiger partial charge in [0.05, 0.1) is 24.9 Å². The van der Waals surface area contributed by atoms with Gasteiger partial charge in [0.1, 0.15) is 11.6 Å². The van der Waals surface area contributed by atoms with Crippen molar-refractivity contribution in [3.8, 4) is 17.6 Å². The Morgan fingerprint density at radius 3 is 2.42 bits per heavy atom. The van der Waals surface area contributed by atoms with E-state index < -0.39 is 5.91 Å². The monoisotopic (exact) mass is 454 g/mol. The topological polar surface area (TPSA) is 71.3 Å². The van der Waals surface area contributed by atoms with Gasteiger partial charge in [0.2, 0.25) is 0 Å². The van der Waals surface area contributed by atoms with Gasteiger partial charge in [-0.2, -0.15) is 5.26 Å². The molecule has 26 heavy (non-hydrogen) atoms. The Kier molecular flexibility index (Phi) is 6.92. The molecule has 1 amide bonds. The molecule has 5 nitrogen and oxygen atoms in total. The molecule has 0 saturated heterocycles. The number of ether oxygens (including phenoxy) is 2. The molecule has 0 unspecified atom stereocenters. The molecule has 0 atom stereocenters. The van der Waals surface area contributed by atoms with Gasteiger partial charge in [0.15, 0.2) is 11.5 Å². The van der Waals surface area contributed by atoms with E-state index in [0.29, 0.717) is 32.2 Å². The van der Waals surface area contributed by atoms with Crippen molar-refractivity contribution in [3.63, 3.8) is 0 Å². The molecule has 0 aliphatic carbocycles. The van der Waals surface area contributed by atoms with Gasteiger partial charge in [0, 0.05) is 9.50 Å². The molecule has 0 bridgehead atoms. The number of hydrogen-bond acceptors (Lipinski definition) is 4. The van der Waals surface area contributed by atoms with E-state index in [4.69, 9.17) is 32.7 Å². The van der Waals surface area contributed by atoms with E-state index in [1.807, 2.05) is 6.07 Å². The standard InChI is InChI=1S/C18H13BrCl2N2O3/c1-25-16-6-10(13(19)8-17(16)26-2)5-11(9-22)18(24)23-15-4-3-12(20)7-14(15)21/h3-8H,1-2H3,(H,23,24)/b11-5+. The highest BCUT2D eigenvalue weighted by atomic mass is 79.9. The molecule has 8 heteroatoms. The normalized spacial score (nSPS) is 10.8. The first kappa shape index (κ1) is 20.1. The fourth-order valence-electron chi connectivity index (χ4n) is 2.07. The average molecular weight is 456 g/mol. The van der Waals surface area contributed by atoms with Crippen molar-refractivity contribution in [1.29, 1.82) is 5.26 Å². The summed E-state index contributed by atoms with van der Waals surface area (Å²) in [4.78, 5) is 12.4. The number of amides is 1. The number of hydrogen-bond donors (Lipinski definition) is 1. The molecule has 2 aromatic rings. The molecule has 134 valence electrons. The molecule has 0 aliphatic rings. The van der Waals surface area contributed by atoms with E-state index in [0.717, 1.165) is 0 Å². The fourth-order valence-corrected chi connectivity index (χ4v) is 2.96. The van der Waals surface area contributed by atoms with Crippen LogP contribution in [0.25, 0.3) is 6.08 Å². The first-order valence-electron chi connectivity index (χ1n) is 7.19. The smallest absolute Gasteiger partial charge is 0.266 e. The second kappa shape index (κ2) is 8.95. The minimum atomic E-state index is -0.599. The Morgan fingerprint density at radius 1 is 1.19 bits per heavy atom. The van der Waals surface area contributed by atoms with Crippen LogP contribution in [0.4, 0.5) is 5.69 Å². The van der Waals surface area contributed by atoms with Crippen molar-refractivity contribution in [2.75, 3.05) is 19.5 Å². The Bertz CT molecular complexity index is 923. The number of nitriles is 1. The Morgan fingerprint density at radius 2 is 1.85 bits per heavy atom. The molecule has 0 radical (unpaired) electrons. The molecule has 2 aromatic carbocycles. The van der Waals surface area contributed by atoms with E-state index >= 15 is 0 Å². The summed E-state index contributed by atoms with van der Waals surface area (Å²) >= 11 is 15.3. The average Bonchev–Trinajstić information content (AvgIpc) is 2.62. The number of halogens is 3. The lowest BCUT2D eigenvalue weighted by Crippen LogP contribution is -2.13. The quantitative estimate of drug-likeness (QED) is 0.489. The zero-order valence-electron chi connectivity index (χ0n) is 13.8. The summed E-state index contributed by atoms with van der Waals surface area (Å²) in [5.74, 6) is 0.395. The van der Waals surface area contributed by atoms with E-state index in [9.17, 15) is 10.1 Å². The zero-order chi connectivity index (χ0) is 19.3. The molecule has 1 N–H and O–H groups in total. The number of benzene rings is 2. The van der Waals surface area contributed by atoms with Crippen LogP contribution in [0.2, 0.25) is 10.0 Å². The van der Waals surface area contributed by atoms with Gasteiger partial charge in [-0.3, -0.25) is 4.79 Å². The molecule has 0 aromatic heterocycles. The van der Waals surface area contributed by atoms with E-state index in [2.05, 4.69) is 21.2 Å². The zero-order valence-corrected chi connectivity index (χ0v) is 16.9. The third-order valence-corrected chi connectivity index (χ3v) is 4.58. The maximum atomic E-state index is 12.4. The minimum Gasteiger partial charge on any atom is -0.493 e. The minimum absolute atomic E-state index is 0.107. The van der Waals surface area contributed by atoms with Gasteiger partial charge in [-0.1, -0.05) is 39.1 Å². The predicted octanol–water partition coefficient (Wildman–Crippen LogP) is 5.32. The number of carbonyl (C=O) groups is 1. The molecule has 0 spiro atoms. The van der Waals surface area contributed by atoms with Crippen molar-refractivity contribution in [2.24, 2.45) is 0 Å². The maximum Gasteiger partial charge on any atom is 0.266 e. The second-order valence-corrected chi connectivity index (χ2v) is 6.67. The van der Waals surface area contributed by atoms with Crippen molar-refractivity contribution in [1.82, 2.24) is 0 Å². The lowest BCUT2D eigenvalue weighted by atomic mass is 10.1. The van der Waals surface area contributed by atoms with Crippen LogP contribution in [0.15, 0.2) is 40.4 Å². The largest absolute Gasteiger partial charge is 0.493 e. The highest BCUT2D eigenvalue weighted by Crippen LogP contribution is 2.34. The number of carbonyl (C=O) groups excluding carboxylic acids is 1. The van der Waals surface area contributed by atoms with Crippen LogP contribution in [0.3, 0.4) is 0 Å². The third kappa shape index (κ3) is 4.70. The summed E-state index contributed by atoms with van der Waals surface area (Å²) in [5.41, 5.74) is 0.828. The van der Waals surface area contributed by atoms with E-state index in [-0.39, 0.29) is 10.6 Å². The number of nitrogens with zero attached hydrogens (tertiary/aromatic N) is 1. The molecule has 0 heterocycles. The van der Waals surface area contributed by atoms with Gasteiger partial charge in [0.25, 0.3) is 5.91 Å². The number of methoxy groups -OCH3 is 2. The summed E-state index contributed by atoms with van der Waals surface area (Å²) in [7, 11) is 3.02. The first-order valence-corrected chi connectivity index (χ1v) is 8.74. The summed E-state index contributed by atoms with van der Waals surface area (Å²) in [5, 5.41) is 12.7. The predicted molar refractivity (Wildman–Crippen MR) is 106 cm³/mol. The molecule has 0 fully saturated rings. The molecule has 2 rings (SSSR count). The van der Waals surface area contributed by atoms with Crippen LogP contribution >= 0.6 is 39.1 Å². The number of nitrogens with one attached hydrogen (secondary N) is 1. The van der Waals surface area contributed by atoms with E-state index in [1.54, 1.807) is 24.3 Å². The summed E-state index contributed by atoms with van der Waals surface area (Å²) in [6.07, 6.45) is 1.44. The first-order chi connectivity index (χ1) is 12.4. The van der Waals surface area contributed by atoms with Crippen LogP contribution in [-0.2, 0) is 4.79 Å². The lowest BCUT2D eigenvalue weighted by Gasteiger charge is -2.10. The highest BCUT2D eigenvalue weighted by Gasteiger charge is 2.14. The number of rotatable bonds is 5. The molecular weight excluding hydrogens is 443 g/mol. The SMILES string of the molecule is COc1cc(Br)c(/C=C(\C#N)C(=O)Nc2ccc(Cl)cc2Cl)cc1OC. The Hall–Kier alpha value is -2.20. The van der Waals surface area contributed by atoms with Crippen LogP contribution in [0, 0.1) is 11.3 Å². The molecular formula is C18H13BrCl2N2O3. The van der Waals surface area contributed by atoms with Crippen LogP contribution in [-0.4, -0.2) is 20.1 Å². The number of anilines is 1. The van der Waals surface area contributed by atoms with Crippen LogP contribution in [0.1, 0.15) is 5.56 Å². The summed E-state index contributed by atoms with van der Waals surface area (Å²) in [6, 6.07) is 9.87. The molecule has 0 saturated carbocycles. The van der Waals surface area contributed by atoms with Crippen molar-refractivity contribution in [2.45, 2.75) is 0 Å². The van der Waals surface area contributed by atoms with Gasteiger partial charge in [-0.15, -0.1) is 0 Å². The maximum absolute atomic E-state index is 12.4. The Labute approximate surface area is 169 Å². The van der Waals surface area contributed by atoms with E-state index in [1.165, 1.54) is 26.4 Å². The fraction of sp³-hybridized carbons (Fsp3) is 0.111. The lowest BCUT2D eigenvalue weighted by molar-refractivity contribution is -0.112. The Balaban J connectivity index is 2.35. The van der Waals surface area contributed by atoms with Crippen molar-refractivity contribution in [3.05, 3.63) is 56.0 Å². The van der Waals surface area contributed by atoms with Crippen molar-refractivity contribution >= 4 is 56.8 Å². The highest BCUT2D eigenvalue weighted by molar-refractivity contribution is 9.10. The summed E-state index contributed by atoms with van der Waals surface area (Å²) in [6.45, 7) is 0. The van der Waals surface area contributed by atoms with Gasteiger partial charge in [-0.25, -0.2) is 0 Å². The van der Waals surface area contributed by atoms with Crippen LogP contribution in [0.5, 0.6) is 11.5 Å². The van der Waals surface area contributed by atoms with Crippen LogP contribution < -0.4 is 14.8 Å². The van der Waals surface area contributed by atoms with Gasteiger partial charge >= 0.3 is 0 Å². The summed E-state index contributed by atoms with van der Waals surface area (Å²) < 4.78 is 11.1.